The average molecular weight is 316 g/mol. The van der Waals surface area contributed by atoms with E-state index in [0.717, 1.165) is 9.88 Å². The highest BCUT2D eigenvalue weighted by Crippen LogP contribution is 2.35. The number of sulfonamides is 1. The van der Waals surface area contributed by atoms with Gasteiger partial charge in [0.2, 0.25) is 0 Å². The highest BCUT2D eigenvalue weighted by molar-refractivity contribution is 7.90. The Labute approximate surface area is 122 Å². The number of amides is 1. The van der Waals surface area contributed by atoms with E-state index in [4.69, 9.17) is 16.3 Å². The number of nitrogens with zero attached hydrogens (tertiary/aromatic N) is 1. The second-order valence-corrected chi connectivity index (χ2v) is 6.65. The fraction of sp³-hybridized carbons (Fsp3) is 0.308. The Bertz CT molecular complexity index is 682. The smallest absolute Gasteiger partial charge is 0.269 e. The molecule has 1 heterocycles. The maximum absolute atomic E-state index is 12.3. The van der Waals surface area contributed by atoms with Crippen molar-refractivity contribution in [2.45, 2.75) is 11.8 Å². The predicted octanol–water partition coefficient (Wildman–Crippen LogP) is 2.08. The van der Waals surface area contributed by atoms with E-state index in [9.17, 15) is 13.2 Å². The third kappa shape index (κ3) is 2.46. The van der Waals surface area contributed by atoms with Crippen LogP contribution in [0.1, 0.15) is 17.3 Å². The molecule has 1 amide bonds. The molecule has 5 nitrogen and oxygen atoms in total. The minimum Gasteiger partial charge on any atom is -0.380 e. The molecule has 7 heteroatoms. The van der Waals surface area contributed by atoms with E-state index in [1.165, 1.54) is 12.1 Å². The highest BCUT2D eigenvalue weighted by atomic mass is 35.5. The SMILES string of the molecule is COC/C(C)=C/CN1C(=O)c2cccc(Cl)c2S1(=O)=O. The minimum atomic E-state index is -3.87. The standard InChI is InChI=1S/C13H14ClNO4S/c1-9(8-19-2)6-7-15-13(16)10-4-3-5-11(14)12(10)20(15,17)18/h3-6H,7-8H2,1-2H3/b9-6+. The zero-order valence-electron chi connectivity index (χ0n) is 11.1. The summed E-state index contributed by atoms with van der Waals surface area (Å²) >= 11 is 5.90. The molecule has 0 spiro atoms. The first-order chi connectivity index (χ1) is 9.39. The van der Waals surface area contributed by atoms with Gasteiger partial charge in [-0.1, -0.05) is 29.3 Å². The van der Waals surface area contributed by atoms with Gasteiger partial charge in [-0.05, 0) is 19.1 Å². The van der Waals surface area contributed by atoms with Crippen LogP contribution in [0.5, 0.6) is 0 Å². The van der Waals surface area contributed by atoms with E-state index in [0.29, 0.717) is 6.61 Å². The number of carbonyl (C=O) groups is 1. The van der Waals surface area contributed by atoms with Gasteiger partial charge >= 0.3 is 0 Å². The van der Waals surface area contributed by atoms with Gasteiger partial charge in [0.15, 0.2) is 0 Å². The molecule has 1 aliphatic rings. The molecular weight excluding hydrogens is 302 g/mol. The monoisotopic (exact) mass is 315 g/mol. The number of fused-ring (bicyclic) bond motifs is 1. The van der Waals surface area contributed by atoms with Crippen molar-refractivity contribution in [3.05, 3.63) is 40.4 Å². The zero-order chi connectivity index (χ0) is 14.9. The van der Waals surface area contributed by atoms with Crippen molar-refractivity contribution < 1.29 is 17.9 Å². The van der Waals surface area contributed by atoms with Gasteiger partial charge in [0.05, 0.1) is 23.7 Å². The number of hydrogen-bond acceptors (Lipinski definition) is 4. The van der Waals surface area contributed by atoms with Gasteiger partial charge in [0, 0.05) is 7.11 Å². The van der Waals surface area contributed by atoms with Gasteiger partial charge in [0.25, 0.3) is 15.9 Å². The molecule has 1 aliphatic heterocycles. The minimum absolute atomic E-state index is 0.0264. The number of carbonyl (C=O) groups excluding carboxylic acids is 1. The van der Waals surface area contributed by atoms with Crippen molar-refractivity contribution in [2.24, 2.45) is 0 Å². The molecule has 0 atom stereocenters. The number of methoxy groups -OCH3 is 1. The van der Waals surface area contributed by atoms with E-state index in [-0.39, 0.29) is 22.0 Å². The number of halogens is 1. The molecule has 0 saturated carbocycles. The number of rotatable bonds is 4. The van der Waals surface area contributed by atoms with Crippen LogP contribution in [-0.4, -0.2) is 38.9 Å². The lowest BCUT2D eigenvalue weighted by atomic mass is 10.2. The molecule has 0 saturated heterocycles. The number of ether oxygens (including phenoxy) is 1. The van der Waals surface area contributed by atoms with Gasteiger partial charge in [-0.15, -0.1) is 0 Å². The lowest BCUT2D eigenvalue weighted by molar-refractivity contribution is 0.0880. The molecular formula is C13H14ClNO4S. The molecule has 1 aromatic carbocycles. The molecule has 0 bridgehead atoms. The Balaban J connectivity index is 2.38. The molecule has 0 radical (unpaired) electrons. The summed E-state index contributed by atoms with van der Waals surface area (Å²) < 4.78 is 30.5. The van der Waals surface area contributed by atoms with Crippen molar-refractivity contribution in [1.82, 2.24) is 4.31 Å². The van der Waals surface area contributed by atoms with Gasteiger partial charge in [-0.2, -0.15) is 0 Å². The van der Waals surface area contributed by atoms with Crippen LogP contribution >= 0.6 is 11.6 Å². The third-order valence-electron chi connectivity index (χ3n) is 2.95. The van der Waals surface area contributed by atoms with E-state index < -0.39 is 15.9 Å². The Morgan fingerprint density at radius 2 is 2.15 bits per heavy atom. The number of hydrogen-bond donors (Lipinski definition) is 0. The molecule has 0 aliphatic carbocycles. The van der Waals surface area contributed by atoms with Crippen molar-refractivity contribution in [3.63, 3.8) is 0 Å². The molecule has 0 aromatic heterocycles. The summed E-state index contributed by atoms with van der Waals surface area (Å²) in [6.45, 7) is 2.16. The summed E-state index contributed by atoms with van der Waals surface area (Å²) in [6, 6.07) is 4.48. The summed E-state index contributed by atoms with van der Waals surface area (Å²) in [5, 5.41) is 0.0657. The van der Waals surface area contributed by atoms with E-state index in [1.807, 2.05) is 0 Å². The van der Waals surface area contributed by atoms with Crippen LogP contribution in [0.25, 0.3) is 0 Å². The topological polar surface area (TPSA) is 63.7 Å². The van der Waals surface area contributed by atoms with Gasteiger partial charge in [-0.3, -0.25) is 4.79 Å². The third-order valence-corrected chi connectivity index (χ3v) is 5.23. The predicted molar refractivity (Wildman–Crippen MR) is 75.3 cm³/mol. The van der Waals surface area contributed by atoms with E-state index >= 15 is 0 Å². The summed E-state index contributed by atoms with van der Waals surface area (Å²) in [4.78, 5) is 12.1. The van der Waals surface area contributed by atoms with Crippen molar-refractivity contribution in [3.8, 4) is 0 Å². The van der Waals surface area contributed by atoms with E-state index in [2.05, 4.69) is 0 Å². The molecule has 108 valence electrons. The van der Waals surface area contributed by atoms with Crippen LogP contribution < -0.4 is 0 Å². The Morgan fingerprint density at radius 3 is 2.75 bits per heavy atom. The quantitative estimate of drug-likeness (QED) is 0.798. The van der Waals surface area contributed by atoms with Crippen molar-refractivity contribution in [1.29, 1.82) is 0 Å². The molecule has 1 aromatic rings. The van der Waals surface area contributed by atoms with Gasteiger partial charge in [-0.25, -0.2) is 12.7 Å². The van der Waals surface area contributed by atoms with Gasteiger partial charge < -0.3 is 4.74 Å². The Morgan fingerprint density at radius 1 is 1.45 bits per heavy atom. The van der Waals surface area contributed by atoms with Gasteiger partial charge in [0.1, 0.15) is 4.90 Å². The van der Waals surface area contributed by atoms with Crippen molar-refractivity contribution >= 4 is 27.5 Å². The van der Waals surface area contributed by atoms with Crippen LogP contribution in [0.3, 0.4) is 0 Å². The van der Waals surface area contributed by atoms with E-state index in [1.54, 1.807) is 26.2 Å². The second-order valence-electron chi connectivity index (χ2n) is 4.44. The fourth-order valence-corrected chi connectivity index (χ4v) is 4.02. The van der Waals surface area contributed by atoms with Crippen LogP contribution in [-0.2, 0) is 14.8 Å². The molecule has 0 fully saturated rings. The maximum atomic E-state index is 12.3. The fourth-order valence-electron chi connectivity index (χ4n) is 2.00. The summed E-state index contributed by atoms with van der Waals surface area (Å²) in [7, 11) is -2.32. The maximum Gasteiger partial charge on any atom is 0.269 e. The summed E-state index contributed by atoms with van der Waals surface area (Å²) in [5.74, 6) is -0.552. The summed E-state index contributed by atoms with van der Waals surface area (Å²) in [6.07, 6.45) is 1.65. The first kappa shape index (κ1) is 15.0. The van der Waals surface area contributed by atoms with Crippen LogP contribution in [0.4, 0.5) is 0 Å². The first-order valence-electron chi connectivity index (χ1n) is 5.89. The van der Waals surface area contributed by atoms with Crippen LogP contribution in [0.15, 0.2) is 34.7 Å². The molecule has 20 heavy (non-hydrogen) atoms. The Kier molecular flexibility index (Phi) is 4.17. The average Bonchev–Trinajstić information content (AvgIpc) is 2.56. The lowest BCUT2D eigenvalue weighted by Crippen LogP contribution is -2.30. The second kappa shape index (κ2) is 5.55. The molecule has 0 N–H and O–H groups in total. The van der Waals surface area contributed by atoms with Crippen LogP contribution in [0.2, 0.25) is 5.02 Å². The molecule has 0 unspecified atom stereocenters. The zero-order valence-corrected chi connectivity index (χ0v) is 12.7. The largest absolute Gasteiger partial charge is 0.380 e. The normalized spacial score (nSPS) is 17.4. The highest BCUT2D eigenvalue weighted by Gasteiger charge is 2.42. The van der Waals surface area contributed by atoms with Crippen molar-refractivity contribution in [2.75, 3.05) is 20.3 Å². The molecule has 2 rings (SSSR count). The number of benzene rings is 1. The lowest BCUT2D eigenvalue weighted by Gasteiger charge is -2.13. The Hall–Kier alpha value is -1.37. The summed E-state index contributed by atoms with van der Waals surface area (Å²) in [5.41, 5.74) is 0.966. The van der Waals surface area contributed by atoms with Crippen LogP contribution in [0, 0.1) is 0 Å². The first-order valence-corrected chi connectivity index (χ1v) is 7.71.